The van der Waals surface area contributed by atoms with Crippen LogP contribution in [0.2, 0.25) is 0 Å². The Kier molecular flexibility index (Phi) is 4.15. The molecule has 1 heterocycles. The molecule has 0 atom stereocenters. The van der Waals surface area contributed by atoms with Crippen LogP contribution in [0.3, 0.4) is 0 Å². The van der Waals surface area contributed by atoms with E-state index < -0.39 is 5.60 Å². The van der Waals surface area contributed by atoms with Gasteiger partial charge in [-0.3, -0.25) is 4.79 Å². The highest BCUT2D eigenvalue weighted by atomic mass is 32.2. The molecule has 0 aliphatic carbocycles. The van der Waals surface area contributed by atoms with Crippen LogP contribution in [0, 0.1) is 0 Å². The molecule has 1 aromatic heterocycles. The van der Waals surface area contributed by atoms with Crippen molar-refractivity contribution < 1.29 is 9.53 Å². The van der Waals surface area contributed by atoms with E-state index in [1.807, 2.05) is 39.0 Å². The van der Waals surface area contributed by atoms with Crippen molar-refractivity contribution in [3.05, 3.63) is 24.4 Å². The first kappa shape index (κ1) is 12.0. The quantitative estimate of drug-likeness (QED) is 0.585. The second kappa shape index (κ2) is 5.16. The number of esters is 1. The van der Waals surface area contributed by atoms with Gasteiger partial charge in [0.15, 0.2) is 0 Å². The Hall–Kier alpha value is -1.03. The SMILES string of the molecule is CC(C)(C)OC(=O)CSc1ccccn1. The fraction of sp³-hybridized carbons (Fsp3) is 0.455. The van der Waals surface area contributed by atoms with Gasteiger partial charge in [-0.15, -0.1) is 0 Å². The number of rotatable bonds is 3. The molecule has 1 aromatic rings. The van der Waals surface area contributed by atoms with Crippen molar-refractivity contribution in [2.45, 2.75) is 31.4 Å². The van der Waals surface area contributed by atoms with Gasteiger partial charge in [-0.2, -0.15) is 0 Å². The molecular formula is C11H15NO2S. The number of hydrogen-bond acceptors (Lipinski definition) is 4. The zero-order valence-electron chi connectivity index (χ0n) is 9.19. The first-order valence-electron chi connectivity index (χ1n) is 4.73. The van der Waals surface area contributed by atoms with E-state index in [9.17, 15) is 4.79 Å². The molecule has 4 heteroatoms. The Morgan fingerprint density at radius 1 is 1.47 bits per heavy atom. The van der Waals surface area contributed by atoms with Gasteiger partial charge in [-0.1, -0.05) is 17.8 Å². The average Bonchev–Trinajstić information content (AvgIpc) is 2.14. The van der Waals surface area contributed by atoms with Gasteiger partial charge < -0.3 is 4.74 Å². The molecule has 82 valence electrons. The standard InChI is InChI=1S/C11H15NO2S/c1-11(2,3)14-10(13)8-15-9-6-4-5-7-12-9/h4-7H,8H2,1-3H3. The number of thioether (sulfide) groups is 1. The van der Waals surface area contributed by atoms with Gasteiger partial charge >= 0.3 is 5.97 Å². The first-order chi connectivity index (χ1) is 6.97. The Morgan fingerprint density at radius 2 is 2.20 bits per heavy atom. The lowest BCUT2D eigenvalue weighted by Gasteiger charge is -2.19. The van der Waals surface area contributed by atoms with Crippen LogP contribution >= 0.6 is 11.8 Å². The maximum atomic E-state index is 11.4. The molecule has 0 spiro atoms. The normalized spacial score (nSPS) is 11.1. The van der Waals surface area contributed by atoms with Gasteiger partial charge in [0.1, 0.15) is 5.60 Å². The number of pyridine rings is 1. The van der Waals surface area contributed by atoms with E-state index in [-0.39, 0.29) is 5.97 Å². The molecule has 0 fully saturated rings. The average molecular weight is 225 g/mol. The van der Waals surface area contributed by atoms with Crippen LogP contribution in [-0.2, 0) is 9.53 Å². The fourth-order valence-electron chi connectivity index (χ4n) is 0.936. The Bertz CT molecular complexity index is 319. The lowest BCUT2D eigenvalue weighted by atomic mass is 10.2. The summed E-state index contributed by atoms with van der Waals surface area (Å²) in [4.78, 5) is 15.5. The van der Waals surface area contributed by atoms with E-state index in [1.165, 1.54) is 11.8 Å². The predicted octanol–water partition coefficient (Wildman–Crippen LogP) is 2.52. The first-order valence-corrected chi connectivity index (χ1v) is 5.71. The van der Waals surface area contributed by atoms with E-state index in [4.69, 9.17) is 4.74 Å². The highest BCUT2D eigenvalue weighted by Crippen LogP contribution is 2.16. The summed E-state index contributed by atoms with van der Waals surface area (Å²) in [5, 5.41) is 0.836. The van der Waals surface area contributed by atoms with Crippen LogP contribution in [0.1, 0.15) is 20.8 Å². The molecule has 0 aliphatic rings. The van der Waals surface area contributed by atoms with E-state index in [0.717, 1.165) is 5.03 Å². The van der Waals surface area contributed by atoms with Crippen LogP contribution in [0.25, 0.3) is 0 Å². The van der Waals surface area contributed by atoms with Crippen LogP contribution < -0.4 is 0 Å². The van der Waals surface area contributed by atoms with E-state index >= 15 is 0 Å². The number of carbonyl (C=O) groups excluding carboxylic acids is 1. The minimum atomic E-state index is -0.415. The number of aromatic nitrogens is 1. The summed E-state index contributed by atoms with van der Waals surface area (Å²) in [5.74, 6) is 0.0898. The van der Waals surface area contributed by atoms with Gasteiger partial charge in [0.05, 0.1) is 10.8 Å². The molecule has 0 unspecified atom stereocenters. The molecule has 3 nitrogen and oxygen atoms in total. The molecule has 0 aliphatic heterocycles. The van der Waals surface area contributed by atoms with Crippen LogP contribution in [0.15, 0.2) is 29.4 Å². The highest BCUT2D eigenvalue weighted by Gasteiger charge is 2.16. The highest BCUT2D eigenvalue weighted by molar-refractivity contribution is 7.99. The number of ether oxygens (including phenoxy) is 1. The van der Waals surface area contributed by atoms with Gasteiger partial charge in [0, 0.05) is 6.20 Å². The third-order valence-corrected chi connectivity index (χ3v) is 2.31. The lowest BCUT2D eigenvalue weighted by Crippen LogP contribution is -2.24. The van der Waals surface area contributed by atoms with Crippen LogP contribution in [0.5, 0.6) is 0 Å². The summed E-state index contributed by atoms with van der Waals surface area (Å²) in [6, 6.07) is 5.61. The summed E-state index contributed by atoms with van der Waals surface area (Å²) in [7, 11) is 0. The summed E-state index contributed by atoms with van der Waals surface area (Å²) in [5.41, 5.74) is -0.415. The molecule has 0 radical (unpaired) electrons. The molecule has 15 heavy (non-hydrogen) atoms. The van der Waals surface area contributed by atoms with Crippen LogP contribution in [-0.4, -0.2) is 22.3 Å². The maximum absolute atomic E-state index is 11.4. The third kappa shape index (κ3) is 5.42. The molecule has 0 N–H and O–H groups in total. The van der Waals surface area contributed by atoms with Crippen molar-refractivity contribution >= 4 is 17.7 Å². The Balaban J connectivity index is 2.35. The summed E-state index contributed by atoms with van der Waals surface area (Å²) >= 11 is 1.38. The smallest absolute Gasteiger partial charge is 0.316 e. The van der Waals surface area contributed by atoms with Gasteiger partial charge in [0.2, 0.25) is 0 Å². The van der Waals surface area contributed by atoms with E-state index in [0.29, 0.717) is 5.75 Å². The van der Waals surface area contributed by atoms with Crippen molar-refractivity contribution in [2.75, 3.05) is 5.75 Å². The van der Waals surface area contributed by atoms with Crippen molar-refractivity contribution in [3.8, 4) is 0 Å². The lowest BCUT2D eigenvalue weighted by molar-refractivity contribution is -0.151. The zero-order chi connectivity index (χ0) is 11.3. The number of carbonyl (C=O) groups is 1. The van der Waals surface area contributed by atoms with Gasteiger partial charge in [-0.05, 0) is 32.9 Å². The Morgan fingerprint density at radius 3 is 2.73 bits per heavy atom. The van der Waals surface area contributed by atoms with Gasteiger partial charge in [-0.25, -0.2) is 4.98 Å². The molecule has 0 saturated carbocycles. The number of hydrogen-bond donors (Lipinski definition) is 0. The zero-order valence-corrected chi connectivity index (χ0v) is 10.0. The molecule has 1 rings (SSSR count). The second-order valence-corrected chi connectivity index (χ2v) is 5.04. The van der Waals surface area contributed by atoms with Crippen molar-refractivity contribution in [1.82, 2.24) is 4.98 Å². The largest absolute Gasteiger partial charge is 0.459 e. The Labute approximate surface area is 94.2 Å². The third-order valence-electron chi connectivity index (χ3n) is 1.40. The molecule has 0 bridgehead atoms. The van der Waals surface area contributed by atoms with E-state index in [1.54, 1.807) is 6.20 Å². The second-order valence-electron chi connectivity index (χ2n) is 4.04. The summed E-state index contributed by atoms with van der Waals surface area (Å²) in [6.07, 6.45) is 1.71. The maximum Gasteiger partial charge on any atom is 0.316 e. The number of nitrogens with zero attached hydrogens (tertiary/aromatic N) is 1. The van der Waals surface area contributed by atoms with E-state index in [2.05, 4.69) is 4.98 Å². The predicted molar refractivity (Wildman–Crippen MR) is 60.8 cm³/mol. The molecule has 0 aromatic carbocycles. The molecular weight excluding hydrogens is 210 g/mol. The van der Waals surface area contributed by atoms with Crippen LogP contribution in [0.4, 0.5) is 0 Å². The monoisotopic (exact) mass is 225 g/mol. The van der Waals surface area contributed by atoms with Crippen molar-refractivity contribution in [2.24, 2.45) is 0 Å². The fourth-order valence-corrected chi connectivity index (χ4v) is 1.57. The minimum Gasteiger partial charge on any atom is -0.459 e. The summed E-state index contributed by atoms with van der Waals surface area (Å²) in [6.45, 7) is 5.57. The van der Waals surface area contributed by atoms with Crippen molar-refractivity contribution in [3.63, 3.8) is 0 Å². The molecule has 0 amide bonds. The van der Waals surface area contributed by atoms with Gasteiger partial charge in [0.25, 0.3) is 0 Å². The topological polar surface area (TPSA) is 39.2 Å². The summed E-state index contributed by atoms with van der Waals surface area (Å²) < 4.78 is 5.17. The minimum absolute atomic E-state index is 0.210. The molecule has 0 saturated heterocycles. The van der Waals surface area contributed by atoms with Crippen molar-refractivity contribution in [1.29, 1.82) is 0 Å².